The Hall–Kier alpha value is -4.24. The summed E-state index contributed by atoms with van der Waals surface area (Å²) in [6.07, 6.45) is 0.749. The molecular weight excluding hydrogens is 426 g/mol. The molecule has 3 aromatic carbocycles. The molecule has 0 aromatic heterocycles. The van der Waals surface area contributed by atoms with Crippen LogP contribution in [-0.2, 0) is 16.0 Å². The smallest absolute Gasteiger partial charge is 0.333 e. The summed E-state index contributed by atoms with van der Waals surface area (Å²) in [5.41, 5.74) is 9.97. The number of amidine groups is 1. The van der Waals surface area contributed by atoms with E-state index >= 15 is 0 Å². The number of rotatable bonds is 8. The van der Waals surface area contributed by atoms with E-state index in [9.17, 15) is 4.79 Å². The monoisotopic (exact) mass is 454 g/mol. The molecule has 4 N–H and O–H groups in total. The maximum atomic E-state index is 12.9. The number of nitrogens with two attached hydrogens (primary N) is 1. The minimum absolute atomic E-state index is 0.0283. The molecule has 3 rings (SSSR count). The Labute approximate surface area is 200 Å². The number of hydrogen-bond acceptors (Lipinski definition) is 5. The zero-order chi connectivity index (χ0) is 24.5. The number of carbonyl (C=O) groups excluding carboxylic acids is 1. The van der Waals surface area contributed by atoms with Gasteiger partial charge in [0.05, 0.1) is 19.3 Å². The van der Waals surface area contributed by atoms with Crippen LogP contribution in [0.1, 0.15) is 40.8 Å². The first-order chi connectivity index (χ1) is 16.5. The van der Waals surface area contributed by atoms with Gasteiger partial charge in [0, 0.05) is 22.4 Å². The minimum Gasteiger partial charge on any atom is -0.492 e. The molecule has 6 nitrogen and oxygen atoms in total. The topological polar surface area (TPSA) is 97.4 Å². The Morgan fingerprint density at radius 1 is 1.12 bits per heavy atom. The van der Waals surface area contributed by atoms with Gasteiger partial charge in [0.25, 0.3) is 0 Å². The molecule has 1 unspecified atom stereocenters. The summed E-state index contributed by atoms with van der Waals surface area (Å²) < 4.78 is 11.0. The van der Waals surface area contributed by atoms with Gasteiger partial charge in [-0.1, -0.05) is 37.0 Å². The van der Waals surface area contributed by atoms with Crippen molar-refractivity contribution in [2.75, 3.05) is 19.0 Å². The van der Waals surface area contributed by atoms with Crippen LogP contribution in [-0.4, -0.2) is 25.5 Å². The Bertz CT molecular complexity index is 1210. The predicted molar refractivity (Wildman–Crippen MR) is 135 cm³/mol. The fraction of sp³-hybridized carbons (Fsp3) is 0.179. The number of ether oxygens (including phenoxy) is 2. The molecule has 0 amide bonds. The van der Waals surface area contributed by atoms with E-state index in [-0.39, 0.29) is 12.4 Å². The van der Waals surface area contributed by atoms with Crippen molar-refractivity contribution >= 4 is 17.5 Å². The number of benzene rings is 3. The average Bonchev–Trinajstić information content (AvgIpc) is 2.87. The summed E-state index contributed by atoms with van der Waals surface area (Å²) >= 11 is 0. The summed E-state index contributed by atoms with van der Waals surface area (Å²) in [7, 11) is 1.34. The first kappa shape index (κ1) is 24.4. The van der Waals surface area contributed by atoms with Gasteiger partial charge in [0.2, 0.25) is 0 Å². The van der Waals surface area contributed by atoms with Gasteiger partial charge in [-0.15, -0.1) is 0 Å². The second-order valence-electron chi connectivity index (χ2n) is 7.47. The Morgan fingerprint density at radius 2 is 1.82 bits per heavy atom. The maximum absolute atomic E-state index is 12.9. The lowest BCUT2D eigenvalue weighted by molar-refractivity contribution is -0.141. The molecule has 0 aliphatic heterocycles. The van der Waals surface area contributed by atoms with Crippen molar-refractivity contribution in [1.82, 2.24) is 0 Å². The summed E-state index contributed by atoms with van der Waals surface area (Å²) in [4.78, 5) is 12.9. The lowest BCUT2D eigenvalue weighted by atomic mass is 9.96. The highest BCUT2D eigenvalue weighted by Gasteiger charge is 2.27. The Kier molecular flexibility index (Phi) is 8.31. The minimum atomic E-state index is -0.849. The highest BCUT2D eigenvalue weighted by Crippen LogP contribution is 2.34. The van der Waals surface area contributed by atoms with Crippen LogP contribution in [0.2, 0.25) is 0 Å². The van der Waals surface area contributed by atoms with E-state index in [1.165, 1.54) is 7.11 Å². The van der Waals surface area contributed by atoms with E-state index in [0.29, 0.717) is 28.1 Å². The second-order valence-corrected chi connectivity index (χ2v) is 7.47. The molecule has 0 bridgehead atoms. The maximum Gasteiger partial charge on any atom is 0.333 e. The van der Waals surface area contributed by atoms with E-state index in [0.717, 1.165) is 17.5 Å². The molecule has 6 heteroatoms. The molecule has 0 aliphatic carbocycles. The van der Waals surface area contributed by atoms with Gasteiger partial charge in [0.1, 0.15) is 11.6 Å². The normalized spacial score (nSPS) is 11.0. The van der Waals surface area contributed by atoms with Crippen molar-refractivity contribution < 1.29 is 14.3 Å². The molecular formula is C28H28N3O3. The van der Waals surface area contributed by atoms with Crippen LogP contribution >= 0.6 is 0 Å². The number of esters is 1. The summed E-state index contributed by atoms with van der Waals surface area (Å²) in [5.74, 6) is 6.36. The molecule has 1 radical (unpaired) electrons. The molecule has 0 spiro atoms. The van der Waals surface area contributed by atoms with Crippen LogP contribution in [0.5, 0.6) is 5.75 Å². The fourth-order valence-corrected chi connectivity index (χ4v) is 3.44. The largest absolute Gasteiger partial charge is 0.492 e. The zero-order valence-electron chi connectivity index (χ0n) is 19.4. The van der Waals surface area contributed by atoms with Crippen LogP contribution in [0, 0.1) is 24.2 Å². The highest BCUT2D eigenvalue weighted by molar-refractivity contribution is 5.95. The van der Waals surface area contributed by atoms with Crippen molar-refractivity contribution in [3.63, 3.8) is 0 Å². The molecule has 0 fully saturated rings. The molecule has 173 valence electrons. The van der Waals surface area contributed by atoms with Gasteiger partial charge in [-0.05, 0) is 67.4 Å². The second kappa shape index (κ2) is 11.6. The SMILES string of the molecule is [CH2]COc1c(C#Cc2ccccc2)cc(CC)cc1C(Nc1ccc(C(=N)N)cc1)C(=O)OC. The molecule has 0 saturated heterocycles. The first-order valence-electron chi connectivity index (χ1n) is 10.9. The number of nitrogen functional groups attached to an aromatic ring is 1. The van der Waals surface area contributed by atoms with E-state index in [1.807, 2.05) is 49.4 Å². The van der Waals surface area contributed by atoms with Crippen molar-refractivity contribution in [3.05, 3.63) is 101 Å². The van der Waals surface area contributed by atoms with Gasteiger partial charge in [-0.2, -0.15) is 0 Å². The lowest BCUT2D eigenvalue weighted by Crippen LogP contribution is -2.24. The Balaban J connectivity index is 2.11. The number of carbonyl (C=O) groups is 1. The van der Waals surface area contributed by atoms with Crippen LogP contribution in [0.4, 0.5) is 5.69 Å². The summed E-state index contributed by atoms with van der Waals surface area (Å²) in [5, 5.41) is 10.8. The fourth-order valence-electron chi connectivity index (χ4n) is 3.44. The van der Waals surface area contributed by atoms with Crippen molar-refractivity contribution in [2.45, 2.75) is 19.4 Å². The molecule has 0 saturated carbocycles. The zero-order valence-corrected chi connectivity index (χ0v) is 19.4. The number of anilines is 1. The third-order valence-electron chi connectivity index (χ3n) is 5.20. The number of aryl methyl sites for hydroxylation is 1. The third kappa shape index (κ3) is 5.96. The van der Waals surface area contributed by atoms with Crippen LogP contribution < -0.4 is 15.8 Å². The van der Waals surface area contributed by atoms with Gasteiger partial charge in [-0.3, -0.25) is 5.41 Å². The molecule has 0 aliphatic rings. The summed E-state index contributed by atoms with van der Waals surface area (Å²) in [6.45, 7) is 6.02. The molecule has 1 atom stereocenters. The molecule has 3 aromatic rings. The van der Waals surface area contributed by atoms with Crippen molar-refractivity contribution in [1.29, 1.82) is 5.41 Å². The lowest BCUT2D eigenvalue weighted by Gasteiger charge is -2.23. The van der Waals surface area contributed by atoms with Crippen LogP contribution in [0.25, 0.3) is 0 Å². The molecule has 34 heavy (non-hydrogen) atoms. The number of hydrogen-bond donors (Lipinski definition) is 3. The first-order valence-corrected chi connectivity index (χ1v) is 10.9. The van der Waals surface area contributed by atoms with Crippen LogP contribution in [0.15, 0.2) is 66.7 Å². The van der Waals surface area contributed by atoms with Gasteiger partial charge >= 0.3 is 5.97 Å². The number of nitrogens with one attached hydrogen (secondary N) is 2. The quantitative estimate of drug-likeness (QED) is 0.202. The van der Waals surface area contributed by atoms with Crippen molar-refractivity contribution in [2.24, 2.45) is 5.73 Å². The number of methoxy groups -OCH3 is 1. The van der Waals surface area contributed by atoms with E-state index in [2.05, 4.69) is 24.1 Å². The van der Waals surface area contributed by atoms with Crippen molar-refractivity contribution in [3.8, 4) is 17.6 Å². The molecule has 0 heterocycles. The highest BCUT2D eigenvalue weighted by atomic mass is 16.5. The average molecular weight is 455 g/mol. The predicted octanol–water partition coefficient (Wildman–Crippen LogP) is 4.47. The van der Waals surface area contributed by atoms with Gasteiger partial charge in [-0.25, -0.2) is 4.79 Å². The van der Waals surface area contributed by atoms with Gasteiger partial charge in [0.15, 0.2) is 6.04 Å². The van der Waals surface area contributed by atoms with Crippen LogP contribution in [0.3, 0.4) is 0 Å². The van der Waals surface area contributed by atoms with Gasteiger partial charge < -0.3 is 20.5 Å². The van der Waals surface area contributed by atoms with E-state index in [1.54, 1.807) is 24.3 Å². The standard InChI is InChI=1S/C28H28N3O3/c1-4-19-17-22(12-11-20-9-7-6-8-10-20)26(34-5-2)24(18-19)25(28(32)33-3)31-23-15-13-21(14-16-23)27(29)30/h6-10,13-18,25,31H,2,4-5H2,1,3H3,(H3,29,30). The Morgan fingerprint density at radius 3 is 2.41 bits per heavy atom. The van der Waals surface area contributed by atoms with E-state index in [4.69, 9.17) is 20.6 Å². The third-order valence-corrected chi connectivity index (χ3v) is 5.20. The summed E-state index contributed by atoms with van der Waals surface area (Å²) in [6, 6.07) is 19.7. The van der Waals surface area contributed by atoms with E-state index < -0.39 is 12.0 Å².